The van der Waals surface area contributed by atoms with E-state index >= 15 is 0 Å². The molecule has 0 aliphatic rings. The van der Waals surface area contributed by atoms with E-state index in [-0.39, 0.29) is 18.3 Å². The van der Waals surface area contributed by atoms with Crippen molar-refractivity contribution in [3.8, 4) is 17.1 Å². The van der Waals surface area contributed by atoms with Gasteiger partial charge in [-0.1, -0.05) is 61.9 Å². The van der Waals surface area contributed by atoms with Gasteiger partial charge in [-0.05, 0) is 18.6 Å². The van der Waals surface area contributed by atoms with Crippen LogP contribution in [0.4, 0.5) is 0 Å². The van der Waals surface area contributed by atoms with Crippen molar-refractivity contribution >= 4 is 11.9 Å². The molecule has 2 aromatic carbocycles. The van der Waals surface area contributed by atoms with Gasteiger partial charge in [0.05, 0.1) is 5.69 Å². The molecule has 0 spiro atoms. The lowest BCUT2D eigenvalue weighted by Gasteiger charge is -2.05. The smallest absolute Gasteiger partial charge is 0.378 e. The zero-order valence-corrected chi connectivity index (χ0v) is 15.7. The molecule has 1 aromatic heterocycles. The number of para-hydroxylation sites is 1. The molecule has 0 bridgehead atoms. The van der Waals surface area contributed by atoms with E-state index in [0.717, 1.165) is 24.1 Å². The molecule has 7 heteroatoms. The second-order valence-electron chi connectivity index (χ2n) is 6.15. The molecular weight excluding hydrogens is 356 g/mol. The monoisotopic (exact) mass is 378 g/mol. The van der Waals surface area contributed by atoms with E-state index < -0.39 is 5.97 Å². The number of rotatable bonds is 8. The van der Waals surface area contributed by atoms with Gasteiger partial charge in [0, 0.05) is 12.1 Å². The number of amides is 1. The van der Waals surface area contributed by atoms with Gasteiger partial charge in [-0.3, -0.25) is 4.79 Å². The fourth-order valence-corrected chi connectivity index (χ4v) is 2.57. The van der Waals surface area contributed by atoms with Crippen LogP contribution in [0.15, 0.2) is 60.7 Å². The summed E-state index contributed by atoms with van der Waals surface area (Å²) >= 11 is 0. The molecule has 0 radical (unpaired) electrons. The molecule has 0 atom stereocenters. The van der Waals surface area contributed by atoms with Crippen molar-refractivity contribution in [2.75, 3.05) is 13.2 Å². The number of nitrogens with one attached hydrogen (secondary N) is 1. The van der Waals surface area contributed by atoms with Gasteiger partial charge in [-0.25, -0.2) is 14.5 Å². The number of hydrogen-bond acceptors (Lipinski definition) is 5. The molecule has 1 amide bonds. The third-order valence-corrected chi connectivity index (χ3v) is 4.01. The van der Waals surface area contributed by atoms with E-state index in [2.05, 4.69) is 15.4 Å². The molecule has 28 heavy (non-hydrogen) atoms. The van der Waals surface area contributed by atoms with Crippen LogP contribution in [-0.4, -0.2) is 39.8 Å². The van der Waals surface area contributed by atoms with Crippen molar-refractivity contribution in [1.82, 2.24) is 20.1 Å². The van der Waals surface area contributed by atoms with Gasteiger partial charge in [0.2, 0.25) is 0 Å². The number of esters is 1. The Balaban J connectivity index is 1.79. The van der Waals surface area contributed by atoms with Gasteiger partial charge >= 0.3 is 5.97 Å². The maximum absolute atomic E-state index is 12.4. The molecular formula is C21H22N4O3. The predicted octanol–water partition coefficient (Wildman–Crippen LogP) is 3.01. The molecule has 7 nitrogen and oxygen atoms in total. The third kappa shape index (κ3) is 4.82. The Bertz CT molecular complexity index is 866. The number of ether oxygens (including phenoxy) is 1. The van der Waals surface area contributed by atoms with Crippen molar-refractivity contribution in [3.63, 3.8) is 0 Å². The lowest BCUT2D eigenvalue weighted by molar-refractivity contribution is -0.124. The Labute approximate surface area is 163 Å². The summed E-state index contributed by atoms with van der Waals surface area (Å²) in [5.74, 6) is -0.653. The van der Waals surface area contributed by atoms with E-state index in [4.69, 9.17) is 4.74 Å². The molecule has 0 saturated carbocycles. The fourth-order valence-electron chi connectivity index (χ4n) is 2.57. The Morgan fingerprint density at radius 2 is 1.71 bits per heavy atom. The van der Waals surface area contributed by atoms with Crippen LogP contribution >= 0.6 is 0 Å². The fraction of sp³-hybridized carbons (Fsp3) is 0.238. The SMILES string of the molecule is CCCCNC(=O)COC(=O)c1nc(-c2ccccc2)n(-c2ccccc2)n1. The van der Waals surface area contributed by atoms with Crippen LogP contribution in [0.3, 0.4) is 0 Å². The van der Waals surface area contributed by atoms with Crippen molar-refractivity contribution in [2.45, 2.75) is 19.8 Å². The summed E-state index contributed by atoms with van der Waals surface area (Å²) in [6.45, 7) is 2.24. The standard InChI is InChI=1S/C21H22N4O3/c1-2-3-14-22-18(26)15-28-21(27)19-23-20(16-10-6-4-7-11-16)25(24-19)17-12-8-5-9-13-17/h4-13H,2-3,14-15H2,1H3,(H,22,26). The van der Waals surface area contributed by atoms with Gasteiger partial charge in [0.25, 0.3) is 11.7 Å². The maximum Gasteiger partial charge on any atom is 0.378 e. The first-order valence-corrected chi connectivity index (χ1v) is 9.20. The summed E-state index contributed by atoms with van der Waals surface area (Å²) in [7, 11) is 0. The molecule has 1 N–H and O–H groups in total. The number of aromatic nitrogens is 3. The largest absolute Gasteiger partial charge is 0.450 e. The van der Waals surface area contributed by atoms with E-state index in [0.29, 0.717) is 12.4 Å². The zero-order chi connectivity index (χ0) is 19.8. The maximum atomic E-state index is 12.4. The topological polar surface area (TPSA) is 86.1 Å². The highest BCUT2D eigenvalue weighted by atomic mass is 16.5. The summed E-state index contributed by atoms with van der Waals surface area (Å²) in [5, 5.41) is 7.01. The molecule has 1 heterocycles. The summed E-state index contributed by atoms with van der Waals surface area (Å²) in [4.78, 5) is 28.5. The van der Waals surface area contributed by atoms with Crippen LogP contribution < -0.4 is 5.32 Å². The summed E-state index contributed by atoms with van der Waals surface area (Å²) in [6, 6.07) is 18.9. The summed E-state index contributed by atoms with van der Waals surface area (Å²) < 4.78 is 6.66. The zero-order valence-electron chi connectivity index (χ0n) is 15.7. The number of carbonyl (C=O) groups excluding carboxylic acids is 2. The first kappa shape index (κ1) is 19.3. The normalized spacial score (nSPS) is 10.5. The third-order valence-electron chi connectivity index (χ3n) is 4.01. The van der Waals surface area contributed by atoms with Gasteiger partial charge in [0.15, 0.2) is 12.4 Å². The summed E-state index contributed by atoms with van der Waals surface area (Å²) in [5.41, 5.74) is 1.58. The Kier molecular flexibility index (Phi) is 6.51. The van der Waals surface area contributed by atoms with Gasteiger partial charge < -0.3 is 10.1 Å². The van der Waals surface area contributed by atoms with E-state index in [1.54, 1.807) is 4.68 Å². The molecule has 144 valence electrons. The van der Waals surface area contributed by atoms with Crippen LogP contribution in [0.1, 0.15) is 30.4 Å². The quantitative estimate of drug-likeness (QED) is 0.481. The van der Waals surface area contributed by atoms with E-state index in [9.17, 15) is 9.59 Å². The van der Waals surface area contributed by atoms with Crippen LogP contribution in [-0.2, 0) is 9.53 Å². The lowest BCUT2D eigenvalue weighted by atomic mass is 10.2. The first-order chi connectivity index (χ1) is 13.7. The lowest BCUT2D eigenvalue weighted by Crippen LogP contribution is -2.29. The minimum Gasteiger partial charge on any atom is -0.450 e. The average Bonchev–Trinajstić information content (AvgIpc) is 3.19. The Morgan fingerprint density at radius 1 is 1.04 bits per heavy atom. The second kappa shape index (κ2) is 9.45. The van der Waals surface area contributed by atoms with Gasteiger partial charge in [0.1, 0.15) is 0 Å². The number of benzene rings is 2. The number of unbranched alkanes of at least 4 members (excludes halogenated alkanes) is 1. The molecule has 0 fully saturated rings. The first-order valence-electron chi connectivity index (χ1n) is 9.20. The van der Waals surface area contributed by atoms with Crippen molar-refractivity contribution in [3.05, 3.63) is 66.5 Å². The van der Waals surface area contributed by atoms with E-state index in [1.165, 1.54) is 0 Å². The highest BCUT2D eigenvalue weighted by Crippen LogP contribution is 2.21. The Hall–Kier alpha value is -3.48. The number of nitrogens with zero attached hydrogens (tertiary/aromatic N) is 3. The Morgan fingerprint density at radius 3 is 2.39 bits per heavy atom. The molecule has 0 unspecified atom stereocenters. The summed E-state index contributed by atoms with van der Waals surface area (Å²) in [6.07, 6.45) is 1.85. The van der Waals surface area contributed by atoms with Gasteiger partial charge in [-0.15, -0.1) is 5.10 Å². The molecule has 0 saturated heterocycles. The molecule has 3 rings (SSSR count). The number of carbonyl (C=O) groups is 2. The number of hydrogen-bond donors (Lipinski definition) is 1. The average molecular weight is 378 g/mol. The van der Waals surface area contributed by atoms with Gasteiger partial charge in [-0.2, -0.15) is 0 Å². The molecule has 0 aliphatic carbocycles. The minimum atomic E-state index is -0.738. The van der Waals surface area contributed by atoms with Crippen molar-refractivity contribution in [1.29, 1.82) is 0 Å². The molecule has 0 aliphatic heterocycles. The predicted molar refractivity (Wildman–Crippen MR) is 105 cm³/mol. The van der Waals surface area contributed by atoms with Crippen LogP contribution in [0.5, 0.6) is 0 Å². The highest BCUT2D eigenvalue weighted by Gasteiger charge is 2.20. The molecule has 3 aromatic rings. The van der Waals surface area contributed by atoms with Crippen molar-refractivity contribution < 1.29 is 14.3 Å². The second-order valence-corrected chi connectivity index (χ2v) is 6.15. The van der Waals surface area contributed by atoms with Crippen molar-refractivity contribution in [2.24, 2.45) is 0 Å². The van der Waals surface area contributed by atoms with Crippen LogP contribution in [0.25, 0.3) is 17.1 Å². The van der Waals surface area contributed by atoms with E-state index in [1.807, 2.05) is 67.6 Å². The van der Waals surface area contributed by atoms with Crippen LogP contribution in [0, 0.1) is 0 Å². The van der Waals surface area contributed by atoms with Crippen LogP contribution in [0.2, 0.25) is 0 Å². The highest BCUT2D eigenvalue weighted by molar-refractivity contribution is 5.88. The minimum absolute atomic E-state index is 0.0935.